The lowest BCUT2D eigenvalue weighted by Gasteiger charge is -2.25. The van der Waals surface area contributed by atoms with Crippen molar-refractivity contribution < 1.29 is 19.4 Å². The van der Waals surface area contributed by atoms with Gasteiger partial charge in [-0.05, 0) is 76.5 Å². The Bertz CT molecular complexity index is 1210. The van der Waals surface area contributed by atoms with Gasteiger partial charge in [-0.1, -0.05) is 37.6 Å². The number of hydrogen-bond donors (Lipinski definition) is 1. The van der Waals surface area contributed by atoms with Crippen molar-refractivity contribution in [3.8, 4) is 5.75 Å². The molecule has 1 aliphatic heterocycles. The number of aliphatic hydroxyl groups is 1. The van der Waals surface area contributed by atoms with Crippen molar-refractivity contribution in [2.24, 2.45) is 0 Å². The highest BCUT2D eigenvalue weighted by Gasteiger charge is 2.46. The van der Waals surface area contributed by atoms with Gasteiger partial charge in [0, 0.05) is 28.1 Å². The molecule has 34 heavy (non-hydrogen) atoms. The van der Waals surface area contributed by atoms with Crippen molar-refractivity contribution in [2.45, 2.75) is 32.4 Å². The van der Waals surface area contributed by atoms with E-state index in [0.29, 0.717) is 17.9 Å². The second kappa shape index (κ2) is 10.8. The number of ketones is 1. The van der Waals surface area contributed by atoms with Crippen LogP contribution in [0.2, 0.25) is 0 Å². The lowest BCUT2D eigenvalue weighted by molar-refractivity contribution is -0.140. The molecule has 0 aliphatic carbocycles. The highest BCUT2D eigenvalue weighted by atomic mass is 127. The number of pyridine rings is 1. The molecular weight excluding hydrogens is 543 g/mol. The Morgan fingerprint density at radius 1 is 1.09 bits per heavy atom. The number of carbonyl (C=O) groups is 2. The van der Waals surface area contributed by atoms with Gasteiger partial charge in [-0.25, -0.2) is 0 Å². The van der Waals surface area contributed by atoms with Crippen molar-refractivity contribution in [1.29, 1.82) is 0 Å². The topological polar surface area (TPSA) is 79.7 Å². The quantitative estimate of drug-likeness (QED) is 0.128. The number of likely N-dealkylation sites (tertiary alicyclic amines) is 1. The van der Waals surface area contributed by atoms with Crippen LogP contribution >= 0.6 is 22.6 Å². The molecule has 3 aromatic rings. The Hall–Kier alpha value is -3.20. The van der Waals surface area contributed by atoms with Gasteiger partial charge >= 0.3 is 0 Å². The predicted octanol–water partition coefficient (Wildman–Crippen LogP) is 5.49. The molecule has 1 amide bonds. The maximum absolute atomic E-state index is 13.2. The summed E-state index contributed by atoms with van der Waals surface area (Å²) >= 11 is 2.21. The van der Waals surface area contributed by atoms with Gasteiger partial charge in [0.15, 0.2) is 0 Å². The molecule has 1 fully saturated rings. The fourth-order valence-electron chi connectivity index (χ4n) is 3.94. The molecule has 0 spiro atoms. The van der Waals surface area contributed by atoms with Crippen molar-refractivity contribution >= 4 is 40.0 Å². The van der Waals surface area contributed by atoms with Crippen molar-refractivity contribution in [1.82, 2.24) is 9.88 Å². The number of aromatic nitrogens is 1. The smallest absolute Gasteiger partial charge is 0.295 e. The lowest BCUT2D eigenvalue weighted by atomic mass is 9.95. The Kier molecular flexibility index (Phi) is 7.62. The number of nitrogens with zero attached hydrogens (tertiary/aromatic N) is 2. The molecule has 4 rings (SSSR count). The summed E-state index contributed by atoms with van der Waals surface area (Å²) in [6.45, 7) is 2.88. The Morgan fingerprint density at radius 2 is 1.82 bits per heavy atom. The number of halogens is 1. The summed E-state index contributed by atoms with van der Waals surface area (Å²) in [6.07, 6.45) is 5.23. The number of hydrogen-bond acceptors (Lipinski definition) is 5. The molecule has 6 nitrogen and oxygen atoms in total. The zero-order chi connectivity index (χ0) is 24.1. The lowest BCUT2D eigenvalue weighted by Crippen LogP contribution is -2.29. The van der Waals surface area contributed by atoms with E-state index in [2.05, 4.69) is 34.5 Å². The van der Waals surface area contributed by atoms with Crippen molar-refractivity contribution in [2.75, 3.05) is 6.61 Å². The molecule has 1 saturated heterocycles. The standard InChI is InChI=1S/C27H25IN2O4/c1-2-3-15-34-22-6-4-5-20(16-22)25(31)23-24(19-7-9-21(28)10-8-19)30(27(33)26(23)32)17-18-11-13-29-14-12-18/h4-14,16,24,31H,2-3,15,17H2,1H3. The molecule has 1 N–H and O–H groups in total. The molecular formula is C27H25IN2O4. The van der Waals surface area contributed by atoms with Crippen molar-refractivity contribution in [3.05, 3.63) is 98.9 Å². The van der Waals surface area contributed by atoms with Crippen LogP contribution in [-0.4, -0.2) is 33.3 Å². The molecule has 0 radical (unpaired) electrons. The van der Waals surface area contributed by atoms with Crippen LogP contribution in [0.5, 0.6) is 5.75 Å². The van der Waals surface area contributed by atoms with E-state index in [1.165, 1.54) is 4.90 Å². The Labute approximate surface area is 212 Å². The second-order valence-corrected chi connectivity index (χ2v) is 9.31. The largest absolute Gasteiger partial charge is 0.507 e. The fraction of sp³-hybridized carbons (Fsp3) is 0.222. The number of carbonyl (C=O) groups excluding carboxylic acids is 2. The van der Waals surface area contributed by atoms with Crippen molar-refractivity contribution in [3.63, 3.8) is 0 Å². The number of unbranched alkanes of at least 4 members (excludes halogenated alkanes) is 1. The second-order valence-electron chi connectivity index (χ2n) is 8.06. The summed E-state index contributed by atoms with van der Waals surface area (Å²) in [5.74, 6) is -0.945. The number of benzene rings is 2. The Morgan fingerprint density at radius 3 is 2.53 bits per heavy atom. The molecule has 0 saturated carbocycles. The van der Waals surface area contributed by atoms with Gasteiger partial charge in [-0.15, -0.1) is 0 Å². The first-order chi connectivity index (χ1) is 16.5. The number of Topliss-reactive ketones (excluding diaryl/α,β-unsaturated/α-hetero) is 1. The highest BCUT2D eigenvalue weighted by molar-refractivity contribution is 14.1. The maximum Gasteiger partial charge on any atom is 0.295 e. The predicted molar refractivity (Wildman–Crippen MR) is 138 cm³/mol. The van der Waals surface area contributed by atoms with E-state index in [9.17, 15) is 14.7 Å². The third kappa shape index (κ3) is 5.14. The SMILES string of the molecule is CCCCOc1cccc(C(O)=C2C(=O)C(=O)N(Cc3ccncc3)C2c2ccc(I)cc2)c1. The molecule has 7 heteroatoms. The number of ether oxygens (including phenoxy) is 1. The van der Waals surface area contributed by atoms with Gasteiger partial charge in [-0.2, -0.15) is 0 Å². The maximum atomic E-state index is 13.2. The van der Waals surface area contributed by atoms with Crippen LogP contribution in [0.15, 0.2) is 78.6 Å². The van der Waals surface area contributed by atoms with Crippen LogP contribution < -0.4 is 4.74 Å². The summed E-state index contributed by atoms with van der Waals surface area (Å²) < 4.78 is 6.80. The average molecular weight is 568 g/mol. The minimum Gasteiger partial charge on any atom is -0.507 e. The summed E-state index contributed by atoms with van der Waals surface area (Å²) in [7, 11) is 0. The number of amides is 1. The summed E-state index contributed by atoms with van der Waals surface area (Å²) in [4.78, 5) is 31.9. The summed E-state index contributed by atoms with van der Waals surface area (Å²) in [6, 6.07) is 17.5. The summed E-state index contributed by atoms with van der Waals surface area (Å²) in [5, 5.41) is 11.3. The minimum atomic E-state index is -0.713. The van der Waals surface area contributed by atoms with Crippen LogP contribution in [0.4, 0.5) is 0 Å². The van der Waals surface area contributed by atoms with E-state index in [-0.39, 0.29) is 17.9 Å². The zero-order valence-corrected chi connectivity index (χ0v) is 20.9. The average Bonchev–Trinajstić information content (AvgIpc) is 3.10. The first kappa shape index (κ1) is 23.9. The van der Waals surface area contributed by atoms with Crippen LogP contribution in [0, 0.1) is 3.57 Å². The van der Waals surface area contributed by atoms with Crippen LogP contribution in [0.25, 0.3) is 5.76 Å². The van der Waals surface area contributed by atoms with Gasteiger partial charge < -0.3 is 14.7 Å². The van der Waals surface area contributed by atoms with Crippen LogP contribution in [0.1, 0.15) is 42.5 Å². The third-order valence-electron chi connectivity index (χ3n) is 5.70. The number of aliphatic hydroxyl groups excluding tert-OH is 1. The van der Waals surface area contributed by atoms with E-state index in [1.807, 2.05) is 30.3 Å². The molecule has 0 bridgehead atoms. The molecule has 2 aromatic carbocycles. The Balaban J connectivity index is 1.78. The van der Waals surface area contributed by atoms with Gasteiger partial charge in [-0.3, -0.25) is 14.6 Å². The normalized spacial score (nSPS) is 17.2. The molecule has 2 heterocycles. The van der Waals surface area contributed by atoms with E-state index in [1.54, 1.807) is 42.7 Å². The van der Waals surface area contributed by atoms with E-state index in [0.717, 1.165) is 27.5 Å². The first-order valence-corrected chi connectivity index (χ1v) is 12.2. The minimum absolute atomic E-state index is 0.0750. The van der Waals surface area contributed by atoms with Gasteiger partial charge in [0.1, 0.15) is 11.5 Å². The first-order valence-electron chi connectivity index (χ1n) is 11.2. The highest BCUT2D eigenvalue weighted by Crippen LogP contribution is 2.40. The van der Waals surface area contributed by atoms with Crippen LogP contribution in [0.3, 0.4) is 0 Å². The molecule has 1 unspecified atom stereocenters. The molecule has 1 aliphatic rings. The molecule has 1 aromatic heterocycles. The molecule has 1 atom stereocenters. The third-order valence-corrected chi connectivity index (χ3v) is 6.42. The van der Waals surface area contributed by atoms with Gasteiger partial charge in [0.25, 0.3) is 11.7 Å². The summed E-state index contributed by atoms with van der Waals surface area (Å²) in [5.41, 5.74) is 2.11. The number of rotatable bonds is 8. The monoisotopic (exact) mass is 568 g/mol. The van der Waals surface area contributed by atoms with E-state index < -0.39 is 17.7 Å². The molecule has 174 valence electrons. The van der Waals surface area contributed by atoms with Crippen LogP contribution in [-0.2, 0) is 16.1 Å². The van der Waals surface area contributed by atoms with E-state index in [4.69, 9.17) is 4.74 Å². The van der Waals surface area contributed by atoms with E-state index >= 15 is 0 Å². The zero-order valence-electron chi connectivity index (χ0n) is 18.8. The van der Waals surface area contributed by atoms with Gasteiger partial charge in [0.2, 0.25) is 0 Å². The van der Waals surface area contributed by atoms with Gasteiger partial charge in [0.05, 0.1) is 18.2 Å². The fourth-order valence-corrected chi connectivity index (χ4v) is 4.30.